The highest BCUT2D eigenvalue weighted by molar-refractivity contribution is 8.30. The van der Waals surface area contributed by atoms with Gasteiger partial charge in [-0.3, -0.25) is 38.0 Å². The molecular formula is C64H62N4O7S4. The number of anilines is 2. The zero-order valence-corrected chi connectivity index (χ0v) is 47.1. The third-order valence-electron chi connectivity index (χ3n) is 15.0. The van der Waals surface area contributed by atoms with Crippen LogP contribution in [-0.4, -0.2) is 52.5 Å². The molecule has 11 nitrogen and oxygen atoms in total. The largest absolute Gasteiger partial charge is 0.481 e. The van der Waals surface area contributed by atoms with Crippen LogP contribution in [0.1, 0.15) is 123 Å². The highest BCUT2D eigenvalue weighted by Crippen LogP contribution is 2.52. The molecule has 10 rings (SSSR count). The van der Waals surface area contributed by atoms with Gasteiger partial charge in [-0.2, -0.15) is 0 Å². The van der Waals surface area contributed by atoms with Crippen LogP contribution in [0, 0.1) is 9.20 Å². The van der Waals surface area contributed by atoms with E-state index in [9.17, 15) is 29.1 Å². The smallest absolute Gasteiger partial charge is 0.323 e. The SMILES string of the molecule is O=C(O)CCCCCCCCCCCn1c(=O)/c(=c2\sc(=CC=Cc3ccc4c(c3)C3CCCC3N4c3ccc(C=C(c4ccccc4)c4ccccc4)cc3)c(=O)n2CC(=O)O)s/c1=C1/SC(=S)N(Cc2ccccc2)C1=O. The van der Waals surface area contributed by atoms with E-state index in [2.05, 4.69) is 102 Å². The number of thiocarbonyl (C=S) groups is 1. The topological polar surface area (TPSA) is 142 Å². The minimum absolute atomic E-state index is 0.197. The van der Waals surface area contributed by atoms with Crippen LogP contribution in [0.3, 0.4) is 0 Å². The number of rotatable bonds is 22. The van der Waals surface area contributed by atoms with E-state index in [4.69, 9.17) is 17.3 Å². The predicted molar refractivity (Wildman–Crippen MR) is 325 cm³/mol. The first-order valence-corrected chi connectivity index (χ1v) is 30.1. The molecule has 2 unspecified atom stereocenters. The minimum atomic E-state index is -1.22. The van der Waals surface area contributed by atoms with Gasteiger partial charge in [0, 0.05) is 36.3 Å². The second-order valence-electron chi connectivity index (χ2n) is 20.3. The van der Waals surface area contributed by atoms with Gasteiger partial charge in [0.05, 0.1) is 11.1 Å². The number of carboxylic acid groups (broad SMARTS) is 2. The van der Waals surface area contributed by atoms with Gasteiger partial charge in [0.25, 0.3) is 17.0 Å². The number of carbonyl (C=O) groups is 3. The third-order valence-corrected chi connectivity index (χ3v) is 19.0. The summed E-state index contributed by atoms with van der Waals surface area (Å²) >= 11 is 9.08. The van der Waals surface area contributed by atoms with E-state index in [1.807, 2.05) is 54.6 Å². The predicted octanol–water partition coefficient (Wildman–Crippen LogP) is 12.5. The molecule has 2 fully saturated rings. The summed E-state index contributed by atoms with van der Waals surface area (Å²) in [5.41, 5.74) is 9.28. The normalized spacial score (nSPS) is 17.2. The van der Waals surface area contributed by atoms with Crippen molar-refractivity contribution >= 4 is 109 Å². The molecule has 3 aliphatic rings. The number of aliphatic carboxylic acids is 2. The van der Waals surface area contributed by atoms with Gasteiger partial charge >= 0.3 is 11.9 Å². The number of allylic oxidation sites excluding steroid dienone is 1. The molecule has 1 saturated heterocycles. The molecule has 2 atom stereocenters. The maximum Gasteiger partial charge on any atom is 0.323 e. The average molecular weight is 1130 g/mol. The number of thiazole rings is 2. The number of carbonyl (C=O) groups excluding carboxylic acids is 1. The van der Waals surface area contributed by atoms with Gasteiger partial charge in [-0.25, -0.2) is 0 Å². The van der Waals surface area contributed by atoms with Crippen LogP contribution in [0.4, 0.5) is 11.4 Å². The van der Waals surface area contributed by atoms with Crippen molar-refractivity contribution in [3.05, 3.63) is 212 Å². The Balaban J connectivity index is 0.933. The number of fused-ring (bicyclic) bond motifs is 3. The molecular weight excluding hydrogens is 1060 g/mol. The summed E-state index contributed by atoms with van der Waals surface area (Å²) in [7, 11) is 0. The monoisotopic (exact) mass is 1130 g/mol. The highest BCUT2D eigenvalue weighted by Gasteiger charge is 2.42. The number of hydrogen-bond acceptors (Lipinski definition) is 10. The first-order chi connectivity index (χ1) is 38.5. The van der Waals surface area contributed by atoms with E-state index in [1.165, 1.54) is 16.8 Å². The number of unbranched alkanes of at least 4 members (excludes halogenated alkanes) is 8. The van der Waals surface area contributed by atoms with Gasteiger partial charge in [0.2, 0.25) is 0 Å². The Bertz CT molecular complexity index is 3750. The van der Waals surface area contributed by atoms with Gasteiger partial charge < -0.3 is 15.1 Å². The highest BCUT2D eigenvalue weighted by atomic mass is 32.2. The maximum atomic E-state index is 14.7. The molecule has 4 heterocycles. The zero-order valence-electron chi connectivity index (χ0n) is 43.8. The van der Waals surface area contributed by atoms with Crippen LogP contribution >= 0.6 is 46.7 Å². The van der Waals surface area contributed by atoms with Crippen molar-refractivity contribution in [3.63, 3.8) is 0 Å². The van der Waals surface area contributed by atoms with Gasteiger partial charge in [-0.1, -0.05) is 197 Å². The third kappa shape index (κ3) is 12.8. The number of amides is 1. The molecule has 404 valence electrons. The minimum Gasteiger partial charge on any atom is -0.481 e. The first kappa shape index (κ1) is 55.2. The molecule has 0 radical (unpaired) electrons. The van der Waals surface area contributed by atoms with Crippen LogP contribution in [0.15, 0.2) is 149 Å². The number of nitrogens with zero attached hydrogens (tertiary/aromatic N) is 4. The molecule has 2 aliphatic heterocycles. The standard InChI is InChI=1S/C64H62N4O7S4/c69-55(70)31-17-6-4-2-1-3-5-7-18-38-65-60(74)57(78-62(65)58-61(75)67(64(76)79-58)41-45-21-11-8-12-22-45)63-66(42-56(71)72)59(73)54(77-63)30-19-23-43-34-37-53-51(40-43)49-28-20-29-52(49)68(53)48-35-32-44(33-36-48)39-50(46-24-13-9-14-25-46)47-26-15-10-16-27-47/h8-16,19,21-27,30,32-37,39-40,49,52H,1-7,17-18,20,28-29,31,38,41-42H2,(H,69,70)(H,71,72)/b23-19?,54-30?,62-58+,63-57+. The van der Waals surface area contributed by atoms with E-state index in [1.54, 1.807) is 15.5 Å². The van der Waals surface area contributed by atoms with Crippen molar-refractivity contribution in [3.8, 4) is 0 Å². The summed E-state index contributed by atoms with van der Waals surface area (Å²) in [6.45, 7) is -0.0369. The number of thioether (sulfide) groups is 1. The van der Waals surface area contributed by atoms with Crippen molar-refractivity contribution in [2.45, 2.75) is 115 Å². The molecule has 0 bridgehead atoms. The second-order valence-corrected chi connectivity index (χ2v) is 24.0. The van der Waals surface area contributed by atoms with Gasteiger partial charge in [-0.15, -0.1) is 22.7 Å². The Labute approximate surface area is 476 Å². The Morgan fingerprint density at radius 2 is 1.29 bits per heavy atom. The lowest BCUT2D eigenvalue weighted by Crippen LogP contribution is -2.31. The van der Waals surface area contributed by atoms with Crippen molar-refractivity contribution in [1.29, 1.82) is 0 Å². The lowest BCUT2D eigenvalue weighted by Gasteiger charge is -2.27. The van der Waals surface area contributed by atoms with E-state index in [-0.39, 0.29) is 38.2 Å². The van der Waals surface area contributed by atoms with Crippen molar-refractivity contribution in [2.24, 2.45) is 0 Å². The van der Waals surface area contributed by atoms with Crippen LogP contribution < -0.4 is 25.2 Å². The average Bonchev–Trinajstić information content (AvgIpc) is 4.46. The molecule has 15 heteroatoms. The fourth-order valence-electron chi connectivity index (χ4n) is 11.1. The molecule has 1 amide bonds. The summed E-state index contributed by atoms with van der Waals surface area (Å²) < 4.78 is 4.30. The van der Waals surface area contributed by atoms with Crippen molar-refractivity contribution in [2.75, 3.05) is 4.90 Å². The molecule has 2 aromatic heterocycles. The Morgan fingerprint density at radius 3 is 1.95 bits per heavy atom. The van der Waals surface area contributed by atoms with Crippen LogP contribution in [-0.2, 0) is 34.0 Å². The lowest BCUT2D eigenvalue weighted by atomic mass is 9.95. The lowest BCUT2D eigenvalue weighted by molar-refractivity contribution is -0.138. The number of carboxylic acids is 2. The summed E-state index contributed by atoms with van der Waals surface area (Å²) in [6.07, 6.45) is 19.4. The molecule has 1 saturated carbocycles. The zero-order chi connectivity index (χ0) is 54.8. The van der Waals surface area contributed by atoms with Crippen molar-refractivity contribution in [1.82, 2.24) is 14.0 Å². The molecule has 2 N–H and O–H groups in total. The number of hydrogen-bond donors (Lipinski definition) is 2. The Kier molecular flexibility index (Phi) is 18.0. The van der Waals surface area contributed by atoms with Crippen LogP contribution in [0.25, 0.3) is 28.7 Å². The molecule has 1 aliphatic carbocycles. The van der Waals surface area contributed by atoms with E-state index >= 15 is 0 Å². The van der Waals surface area contributed by atoms with E-state index in [0.717, 1.165) is 137 Å². The second kappa shape index (κ2) is 25.7. The molecule has 79 heavy (non-hydrogen) atoms. The van der Waals surface area contributed by atoms with Gasteiger partial charge in [0.15, 0.2) is 0 Å². The Morgan fingerprint density at radius 1 is 0.658 bits per heavy atom. The van der Waals surface area contributed by atoms with Crippen molar-refractivity contribution < 1.29 is 24.6 Å². The van der Waals surface area contributed by atoms with E-state index < -0.39 is 24.0 Å². The fourth-order valence-corrected chi connectivity index (χ4v) is 14.9. The molecule has 5 aromatic carbocycles. The fraction of sp³-hybridized carbons (Fsp3) is 0.281. The van der Waals surface area contributed by atoms with Crippen LogP contribution in [0.5, 0.6) is 0 Å². The van der Waals surface area contributed by atoms with E-state index in [0.29, 0.717) is 45.2 Å². The molecule has 0 spiro atoms. The summed E-state index contributed by atoms with van der Waals surface area (Å²) in [5.74, 6) is -1.90. The quantitative estimate of drug-likeness (QED) is 0.0383. The summed E-state index contributed by atoms with van der Waals surface area (Å²) in [5, 5.41) is 19.0. The number of benzene rings is 5. The Hall–Kier alpha value is -7.17. The van der Waals surface area contributed by atoms with Crippen LogP contribution in [0.2, 0.25) is 0 Å². The first-order valence-electron chi connectivity index (χ1n) is 27.3. The van der Waals surface area contributed by atoms with Gasteiger partial charge in [-0.05, 0) is 101 Å². The van der Waals surface area contributed by atoms with Gasteiger partial charge in [0.1, 0.15) is 29.6 Å². The number of aromatic nitrogens is 2. The maximum absolute atomic E-state index is 14.7. The molecule has 7 aromatic rings. The summed E-state index contributed by atoms with van der Waals surface area (Å²) in [4.78, 5) is 70.7. The summed E-state index contributed by atoms with van der Waals surface area (Å²) in [6, 6.07) is 46.3.